The number of hydrogen-bond donors (Lipinski definition) is 1. The van der Waals surface area contributed by atoms with Gasteiger partial charge in [0.25, 0.3) is 0 Å². The first-order chi connectivity index (χ1) is 10.3. The molecule has 0 atom stereocenters. The van der Waals surface area contributed by atoms with Gasteiger partial charge < -0.3 is 5.32 Å². The van der Waals surface area contributed by atoms with Gasteiger partial charge >= 0.3 is 0 Å². The van der Waals surface area contributed by atoms with Crippen LogP contribution in [0.2, 0.25) is 0 Å². The zero-order valence-electron chi connectivity index (χ0n) is 12.4. The van der Waals surface area contributed by atoms with Gasteiger partial charge in [0.15, 0.2) is 5.82 Å². The van der Waals surface area contributed by atoms with Crippen LogP contribution in [0.4, 0.5) is 0 Å². The Morgan fingerprint density at radius 1 is 1.24 bits per heavy atom. The van der Waals surface area contributed by atoms with E-state index in [1.54, 1.807) is 0 Å². The topological polar surface area (TPSA) is 50.7 Å². The molecule has 1 saturated carbocycles. The fourth-order valence-electron chi connectivity index (χ4n) is 3.16. The normalized spacial score (nSPS) is 18.1. The molecule has 4 nitrogen and oxygen atoms in total. The van der Waals surface area contributed by atoms with Gasteiger partial charge in [-0.15, -0.1) is 0 Å². The van der Waals surface area contributed by atoms with Crippen molar-refractivity contribution in [2.24, 2.45) is 0 Å². The molecule has 0 aromatic carbocycles. The molecule has 108 valence electrons. The van der Waals surface area contributed by atoms with Crippen LogP contribution in [0.3, 0.4) is 0 Å². The molecule has 4 heteroatoms. The van der Waals surface area contributed by atoms with Crippen molar-refractivity contribution in [1.82, 2.24) is 20.3 Å². The molecule has 2 aromatic rings. The molecular weight excluding hydrogens is 260 g/mol. The van der Waals surface area contributed by atoms with Crippen LogP contribution in [-0.4, -0.2) is 21.5 Å². The Morgan fingerprint density at radius 2 is 2.14 bits per heavy atom. The van der Waals surface area contributed by atoms with Crippen molar-refractivity contribution < 1.29 is 0 Å². The summed E-state index contributed by atoms with van der Waals surface area (Å²) in [4.78, 5) is 14.2. The molecule has 0 radical (unpaired) electrons. The smallest absolute Gasteiger partial charge is 0.178 e. The first-order valence-electron chi connectivity index (χ1n) is 7.84. The third-order valence-electron chi connectivity index (χ3n) is 4.60. The Labute approximate surface area is 125 Å². The van der Waals surface area contributed by atoms with Gasteiger partial charge in [-0.05, 0) is 37.5 Å². The maximum Gasteiger partial charge on any atom is 0.178 e. The highest BCUT2D eigenvalue weighted by Gasteiger charge is 2.27. The fraction of sp³-hybridized carbons (Fsp3) is 0.471. The molecule has 2 aromatic heterocycles. The van der Waals surface area contributed by atoms with Crippen molar-refractivity contribution in [3.63, 3.8) is 0 Å². The van der Waals surface area contributed by atoms with Crippen molar-refractivity contribution >= 4 is 0 Å². The van der Waals surface area contributed by atoms with Gasteiger partial charge in [-0.3, -0.25) is 4.98 Å². The maximum absolute atomic E-state index is 4.91. The first kappa shape index (κ1) is 12.9. The lowest BCUT2D eigenvalue weighted by Crippen LogP contribution is -2.28. The zero-order chi connectivity index (χ0) is 14.2. The summed E-state index contributed by atoms with van der Waals surface area (Å²) < 4.78 is 0. The SMILES string of the molecule is Cc1ccnc(-c2nc3c(c(C4CCC4)n2)CNCC3)c1. The molecule has 21 heavy (non-hydrogen) atoms. The lowest BCUT2D eigenvalue weighted by Gasteiger charge is -2.29. The van der Waals surface area contributed by atoms with Crippen molar-refractivity contribution in [3.8, 4) is 11.5 Å². The number of aromatic nitrogens is 3. The molecular formula is C17H20N4. The number of rotatable bonds is 2. The minimum Gasteiger partial charge on any atom is -0.312 e. The van der Waals surface area contributed by atoms with Gasteiger partial charge in [-0.25, -0.2) is 9.97 Å². The van der Waals surface area contributed by atoms with Gasteiger partial charge in [0.05, 0.1) is 11.4 Å². The van der Waals surface area contributed by atoms with Gasteiger partial charge in [-0.2, -0.15) is 0 Å². The fourth-order valence-corrected chi connectivity index (χ4v) is 3.16. The number of hydrogen-bond acceptors (Lipinski definition) is 4. The van der Waals surface area contributed by atoms with Crippen LogP contribution in [0, 0.1) is 6.92 Å². The van der Waals surface area contributed by atoms with Crippen molar-refractivity contribution in [2.45, 2.75) is 45.1 Å². The Hall–Kier alpha value is -1.81. The standard InChI is InChI=1S/C17H20N4/c1-11-5-8-19-15(9-11)17-20-14-6-7-18-10-13(14)16(21-17)12-3-2-4-12/h5,8-9,12,18H,2-4,6-7,10H2,1H3. The molecule has 1 aliphatic carbocycles. The van der Waals surface area contributed by atoms with Gasteiger partial charge in [0.2, 0.25) is 0 Å². The molecule has 1 N–H and O–H groups in total. The van der Waals surface area contributed by atoms with Crippen LogP contribution in [0.15, 0.2) is 18.3 Å². The third kappa shape index (κ3) is 2.33. The maximum atomic E-state index is 4.91. The largest absolute Gasteiger partial charge is 0.312 e. The van der Waals surface area contributed by atoms with Crippen LogP contribution in [0.5, 0.6) is 0 Å². The molecule has 3 heterocycles. The van der Waals surface area contributed by atoms with Crippen LogP contribution in [0.1, 0.15) is 47.7 Å². The van der Waals surface area contributed by atoms with E-state index in [2.05, 4.69) is 23.3 Å². The highest BCUT2D eigenvalue weighted by Crippen LogP contribution is 2.38. The quantitative estimate of drug-likeness (QED) is 0.919. The van der Waals surface area contributed by atoms with E-state index in [4.69, 9.17) is 9.97 Å². The zero-order valence-corrected chi connectivity index (χ0v) is 12.4. The summed E-state index contributed by atoms with van der Waals surface area (Å²) in [5.74, 6) is 1.44. The van der Waals surface area contributed by atoms with Gasteiger partial charge in [0, 0.05) is 37.2 Å². The minimum atomic E-state index is 0.630. The number of fused-ring (bicyclic) bond motifs is 1. The molecule has 0 bridgehead atoms. The predicted molar refractivity (Wildman–Crippen MR) is 82.0 cm³/mol. The van der Waals surface area contributed by atoms with Crippen molar-refractivity contribution in [2.75, 3.05) is 6.54 Å². The molecule has 4 rings (SSSR count). The summed E-state index contributed by atoms with van der Waals surface area (Å²) >= 11 is 0. The van der Waals surface area contributed by atoms with E-state index in [-0.39, 0.29) is 0 Å². The summed E-state index contributed by atoms with van der Waals surface area (Å²) in [6.45, 7) is 4.01. The number of aryl methyl sites for hydroxylation is 1. The Morgan fingerprint density at radius 3 is 2.90 bits per heavy atom. The summed E-state index contributed by atoms with van der Waals surface area (Å²) in [5.41, 5.74) is 5.95. The highest BCUT2D eigenvalue weighted by atomic mass is 15.0. The molecule has 1 fully saturated rings. The van der Waals surface area contributed by atoms with Crippen molar-refractivity contribution in [1.29, 1.82) is 0 Å². The molecule has 0 amide bonds. The molecule has 0 saturated heterocycles. The molecule has 2 aliphatic rings. The Balaban J connectivity index is 1.84. The van der Waals surface area contributed by atoms with E-state index < -0.39 is 0 Å². The van der Waals surface area contributed by atoms with Crippen LogP contribution >= 0.6 is 0 Å². The Bertz CT molecular complexity index is 676. The number of nitrogens with one attached hydrogen (secondary N) is 1. The Kier molecular flexibility index (Phi) is 3.19. The van der Waals surface area contributed by atoms with Crippen LogP contribution in [0.25, 0.3) is 11.5 Å². The lowest BCUT2D eigenvalue weighted by molar-refractivity contribution is 0.404. The lowest BCUT2D eigenvalue weighted by atomic mass is 9.80. The van der Waals surface area contributed by atoms with Crippen LogP contribution < -0.4 is 5.32 Å². The van der Waals surface area contributed by atoms with E-state index >= 15 is 0 Å². The van der Waals surface area contributed by atoms with E-state index in [1.165, 1.54) is 41.8 Å². The number of nitrogens with zero attached hydrogens (tertiary/aromatic N) is 3. The van der Waals surface area contributed by atoms with E-state index in [1.807, 2.05) is 12.3 Å². The minimum absolute atomic E-state index is 0.630. The number of pyridine rings is 1. The summed E-state index contributed by atoms with van der Waals surface area (Å²) in [7, 11) is 0. The summed E-state index contributed by atoms with van der Waals surface area (Å²) in [6.07, 6.45) is 6.71. The van der Waals surface area contributed by atoms with E-state index in [0.717, 1.165) is 31.0 Å². The van der Waals surface area contributed by atoms with E-state index in [0.29, 0.717) is 5.92 Å². The van der Waals surface area contributed by atoms with Gasteiger partial charge in [-0.1, -0.05) is 6.42 Å². The van der Waals surface area contributed by atoms with Crippen LogP contribution in [-0.2, 0) is 13.0 Å². The molecule has 0 unspecified atom stereocenters. The first-order valence-corrected chi connectivity index (χ1v) is 7.84. The van der Waals surface area contributed by atoms with Gasteiger partial charge in [0.1, 0.15) is 5.69 Å². The predicted octanol–water partition coefficient (Wildman–Crippen LogP) is 2.76. The second kappa shape index (κ2) is 5.19. The summed E-state index contributed by atoms with van der Waals surface area (Å²) in [5, 5.41) is 3.46. The molecule has 0 spiro atoms. The average Bonchev–Trinajstić information content (AvgIpc) is 2.45. The van der Waals surface area contributed by atoms with Crippen molar-refractivity contribution in [3.05, 3.63) is 40.8 Å². The van der Waals surface area contributed by atoms with E-state index in [9.17, 15) is 0 Å². The second-order valence-electron chi connectivity index (χ2n) is 6.13. The highest BCUT2D eigenvalue weighted by molar-refractivity contribution is 5.52. The average molecular weight is 280 g/mol. The molecule has 1 aliphatic heterocycles. The summed E-state index contributed by atoms with van der Waals surface area (Å²) in [6, 6.07) is 4.09. The third-order valence-corrected chi connectivity index (χ3v) is 4.60. The monoisotopic (exact) mass is 280 g/mol. The second-order valence-corrected chi connectivity index (χ2v) is 6.13.